The molecule has 0 spiro atoms. The standard InChI is InChI=1S/C8H18N2O3S/c1-8(2,3)9-14(12,13)10-5-4-7(11)6-10/h7,9,11H,4-6H2,1-3H3. The van der Waals surface area contributed by atoms with E-state index >= 15 is 0 Å². The Bertz CT molecular complexity index is 294. The first-order valence-electron chi connectivity index (χ1n) is 4.68. The first-order valence-corrected chi connectivity index (χ1v) is 6.12. The minimum Gasteiger partial charge on any atom is -0.392 e. The third kappa shape index (κ3) is 3.20. The smallest absolute Gasteiger partial charge is 0.280 e. The van der Waals surface area contributed by atoms with Crippen LogP contribution in [0.2, 0.25) is 0 Å². The van der Waals surface area contributed by atoms with E-state index in [4.69, 9.17) is 0 Å². The minimum absolute atomic E-state index is 0.200. The van der Waals surface area contributed by atoms with Gasteiger partial charge in [0.05, 0.1) is 6.10 Å². The Hall–Kier alpha value is -0.170. The molecule has 6 heteroatoms. The lowest BCUT2D eigenvalue weighted by molar-refractivity contribution is 0.189. The van der Waals surface area contributed by atoms with Gasteiger partial charge in [-0.15, -0.1) is 0 Å². The first kappa shape index (κ1) is 11.9. The van der Waals surface area contributed by atoms with Crippen LogP contribution >= 0.6 is 0 Å². The molecule has 84 valence electrons. The van der Waals surface area contributed by atoms with Crippen LogP contribution in [0.1, 0.15) is 27.2 Å². The van der Waals surface area contributed by atoms with Gasteiger partial charge < -0.3 is 5.11 Å². The second kappa shape index (κ2) is 3.77. The fourth-order valence-corrected chi connectivity index (χ4v) is 3.00. The van der Waals surface area contributed by atoms with Crippen molar-refractivity contribution in [3.8, 4) is 0 Å². The van der Waals surface area contributed by atoms with Crippen molar-refractivity contribution in [2.45, 2.75) is 38.8 Å². The van der Waals surface area contributed by atoms with Crippen LogP contribution in [0.3, 0.4) is 0 Å². The Balaban J connectivity index is 2.67. The van der Waals surface area contributed by atoms with E-state index in [2.05, 4.69) is 4.72 Å². The van der Waals surface area contributed by atoms with Gasteiger partial charge in [-0.25, -0.2) is 0 Å². The Morgan fingerprint density at radius 1 is 1.43 bits per heavy atom. The van der Waals surface area contributed by atoms with Gasteiger partial charge in [0.15, 0.2) is 0 Å². The van der Waals surface area contributed by atoms with Crippen molar-refractivity contribution in [2.24, 2.45) is 0 Å². The summed E-state index contributed by atoms with van der Waals surface area (Å²) in [5.41, 5.74) is -0.480. The SMILES string of the molecule is CC(C)(C)NS(=O)(=O)N1CCC(O)C1. The highest BCUT2D eigenvalue weighted by Gasteiger charge is 2.32. The second-order valence-corrected chi connectivity index (χ2v) is 6.33. The number of nitrogens with zero attached hydrogens (tertiary/aromatic N) is 1. The van der Waals surface area contributed by atoms with Crippen molar-refractivity contribution >= 4 is 10.2 Å². The van der Waals surface area contributed by atoms with E-state index in [-0.39, 0.29) is 6.54 Å². The average Bonchev–Trinajstić information content (AvgIpc) is 2.29. The summed E-state index contributed by atoms with van der Waals surface area (Å²) in [5.74, 6) is 0. The molecule has 1 saturated heterocycles. The molecule has 1 fully saturated rings. The zero-order valence-corrected chi connectivity index (χ0v) is 9.63. The quantitative estimate of drug-likeness (QED) is 0.673. The van der Waals surface area contributed by atoms with Crippen LogP contribution in [0.25, 0.3) is 0 Å². The topological polar surface area (TPSA) is 69.6 Å². The molecule has 1 aliphatic heterocycles. The van der Waals surface area contributed by atoms with Gasteiger partial charge in [-0.2, -0.15) is 17.4 Å². The predicted molar refractivity (Wildman–Crippen MR) is 54.0 cm³/mol. The van der Waals surface area contributed by atoms with Gasteiger partial charge in [0.1, 0.15) is 0 Å². The monoisotopic (exact) mass is 222 g/mol. The summed E-state index contributed by atoms with van der Waals surface area (Å²) >= 11 is 0. The lowest BCUT2D eigenvalue weighted by Crippen LogP contribution is -2.48. The van der Waals surface area contributed by atoms with Crippen LogP contribution in [-0.4, -0.2) is 42.6 Å². The maximum Gasteiger partial charge on any atom is 0.280 e. The van der Waals surface area contributed by atoms with Gasteiger partial charge in [0.25, 0.3) is 10.2 Å². The highest BCUT2D eigenvalue weighted by atomic mass is 32.2. The molecule has 1 unspecified atom stereocenters. The fourth-order valence-electron chi connectivity index (χ4n) is 1.38. The third-order valence-electron chi connectivity index (χ3n) is 1.90. The number of nitrogens with one attached hydrogen (secondary N) is 1. The van der Waals surface area contributed by atoms with Crippen molar-refractivity contribution in [3.63, 3.8) is 0 Å². The highest BCUT2D eigenvalue weighted by molar-refractivity contribution is 7.87. The molecule has 0 bridgehead atoms. The first-order chi connectivity index (χ1) is 6.21. The van der Waals surface area contributed by atoms with Crippen molar-refractivity contribution < 1.29 is 13.5 Å². The van der Waals surface area contributed by atoms with E-state index < -0.39 is 21.9 Å². The van der Waals surface area contributed by atoms with E-state index in [1.807, 2.05) is 0 Å². The number of aliphatic hydroxyl groups excluding tert-OH is 1. The molecule has 14 heavy (non-hydrogen) atoms. The van der Waals surface area contributed by atoms with E-state index in [1.165, 1.54) is 4.31 Å². The van der Waals surface area contributed by atoms with E-state index in [0.29, 0.717) is 13.0 Å². The average molecular weight is 222 g/mol. The largest absolute Gasteiger partial charge is 0.392 e. The lowest BCUT2D eigenvalue weighted by Gasteiger charge is -2.24. The summed E-state index contributed by atoms with van der Waals surface area (Å²) < 4.78 is 27.2. The minimum atomic E-state index is -3.43. The summed E-state index contributed by atoms with van der Waals surface area (Å²) in [7, 11) is -3.43. The van der Waals surface area contributed by atoms with Crippen LogP contribution in [0, 0.1) is 0 Å². The number of hydrogen-bond acceptors (Lipinski definition) is 3. The van der Waals surface area contributed by atoms with Crippen molar-refractivity contribution in [1.29, 1.82) is 0 Å². The normalized spacial score (nSPS) is 25.6. The third-order valence-corrected chi connectivity index (χ3v) is 3.78. The molecule has 2 N–H and O–H groups in total. The number of hydrogen-bond donors (Lipinski definition) is 2. The van der Waals surface area contributed by atoms with Crippen LogP contribution in [-0.2, 0) is 10.2 Å². The van der Waals surface area contributed by atoms with E-state index in [0.717, 1.165) is 0 Å². The van der Waals surface area contributed by atoms with Crippen molar-refractivity contribution in [3.05, 3.63) is 0 Å². The number of β-amino-alcohol motifs (C(OH)–C–C–N with tert-alkyl or cyclic N) is 1. The van der Waals surface area contributed by atoms with E-state index in [9.17, 15) is 13.5 Å². The molecule has 0 radical (unpaired) electrons. The molecule has 1 heterocycles. The summed E-state index contributed by atoms with van der Waals surface area (Å²) in [5, 5.41) is 9.23. The molecule has 1 atom stereocenters. The van der Waals surface area contributed by atoms with Crippen molar-refractivity contribution in [2.75, 3.05) is 13.1 Å². The van der Waals surface area contributed by atoms with Crippen LogP contribution in [0.15, 0.2) is 0 Å². The second-order valence-electron chi connectivity index (χ2n) is 4.66. The molecule has 0 aliphatic carbocycles. The molecule has 0 aromatic rings. The van der Waals surface area contributed by atoms with Gasteiger partial charge in [-0.1, -0.05) is 0 Å². The van der Waals surface area contributed by atoms with Gasteiger partial charge in [0, 0.05) is 18.6 Å². The van der Waals surface area contributed by atoms with Gasteiger partial charge in [-0.05, 0) is 27.2 Å². The highest BCUT2D eigenvalue weighted by Crippen LogP contribution is 2.14. The lowest BCUT2D eigenvalue weighted by atomic mass is 10.1. The zero-order valence-electron chi connectivity index (χ0n) is 8.82. The molecular weight excluding hydrogens is 204 g/mol. The van der Waals surface area contributed by atoms with Crippen LogP contribution in [0.5, 0.6) is 0 Å². The molecule has 0 saturated carbocycles. The summed E-state index contributed by atoms with van der Waals surface area (Å²) in [6.45, 7) is 5.96. The zero-order chi connectivity index (χ0) is 11.0. The predicted octanol–water partition coefficient (Wildman–Crippen LogP) is -0.314. The Morgan fingerprint density at radius 2 is 2.00 bits per heavy atom. The van der Waals surface area contributed by atoms with Gasteiger partial charge in [0.2, 0.25) is 0 Å². The molecule has 5 nitrogen and oxygen atoms in total. The van der Waals surface area contributed by atoms with Crippen LogP contribution in [0.4, 0.5) is 0 Å². The molecule has 0 amide bonds. The number of aliphatic hydroxyl groups is 1. The molecule has 1 aliphatic rings. The summed E-state index contributed by atoms with van der Waals surface area (Å²) in [6, 6.07) is 0. The number of rotatable bonds is 2. The fraction of sp³-hybridized carbons (Fsp3) is 1.00. The maximum atomic E-state index is 11.7. The molecular formula is C8H18N2O3S. The Labute approximate surface area is 85.3 Å². The van der Waals surface area contributed by atoms with Crippen LogP contribution < -0.4 is 4.72 Å². The molecule has 0 aromatic carbocycles. The molecule has 0 aromatic heterocycles. The van der Waals surface area contributed by atoms with Crippen molar-refractivity contribution in [1.82, 2.24) is 9.03 Å². The summed E-state index contributed by atoms with van der Waals surface area (Å²) in [4.78, 5) is 0. The van der Waals surface area contributed by atoms with Gasteiger partial charge in [-0.3, -0.25) is 0 Å². The summed E-state index contributed by atoms with van der Waals surface area (Å²) in [6.07, 6.45) is -0.00282. The van der Waals surface area contributed by atoms with Gasteiger partial charge >= 0.3 is 0 Å². The van der Waals surface area contributed by atoms with E-state index in [1.54, 1.807) is 20.8 Å². The Morgan fingerprint density at radius 3 is 2.36 bits per heavy atom. The Kier molecular flexibility index (Phi) is 3.20. The molecule has 1 rings (SSSR count). The maximum absolute atomic E-state index is 11.7.